The summed E-state index contributed by atoms with van der Waals surface area (Å²) in [6.07, 6.45) is 0.829. The minimum atomic E-state index is -1.07. The topological polar surface area (TPSA) is 87.4 Å². The van der Waals surface area contributed by atoms with Crippen molar-refractivity contribution in [2.45, 2.75) is 32.0 Å². The van der Waals surface area contributed by atoms with Gasteiger partial charge in [0, 0.05) is 18.3 Å². The molecule has 1 aromatic rings. The molecule has 0 bridgehead atoms. The van der Waals surface area contributed by atoms with Gasteiger partial charge >= 0.3 is 6.09 Å². The van der Waals surface area contributed by atoms with Crippen molar-refractivity contribution in [1.82, 2.24) is 14.9 Å². The SMILES string of the molecule is CC(NC(=O)O)c1ncc2n1CC(O)C2. The minimum absolute atomic E-state index is 0.360. The largest absolute Gasteiger partial charge is 0.465 e. The molecule has 2 atom stereocenters. The maximum atomic E-state index is 10.5. The Kier molecular flexibility index (Phi) is 2.36. The van der Waals surface area contributed by atoms with Gasteiger partial charge < -0.3 is 20.1 Å². The van der Waals surface area contributed by atoms with Crippen molar-refractivity contribution < 1.29 is 15.0 Å². The van der Waals surface area contributed by atoms with Gasteiger partial charge in [0.05, 0.1) is 18.7 Å². The van der Waals surface area contributed by atoms with E-state index in [1.54, 1.807) is 13.1 Å². The molecule has 0 saturated heterocycles. The number of aromatic nitrogens is 2. The molecule has 82 valence electrons. The standard InChI is InChI=1S/C9H13N3O3/c1-5(11-9(14)15)8-10-3-6-2-7(13)4-12(6)8/h3,5,7,11,13H,2,4H2,1H3,(H,14,15). The van der Waals surface area contributed by atoms with Gasteiger partial charge in [0.1, 0.15) is 5.82 Å². The second kappa shape index (κ2) is 3.54. The number of imidazole rings is 1. The fourth-order valence-corrected chi connectivity index (χ4v) is 1.91. The molecule has 1 aromatic heterocycles. The van der Waals surface area contributed by atoms with Crippen LogP contribution in [-0.4, -0.2) is 32.0 Å². The Hall–Kier alpha value is -1.56. The highest BCUT2D eigenvalue weighted by Gasteiger charge is 2.25. The van der Waals surface area contributed by atoms with Crippen LogP contribution in [0.5, 0.6) is 0 Å². The highest BCUT2D eigenvalue weighted by atomic mass is 16.4. The molecule has 0 aliphatic carbocycles. The zero-order chi connectivity index (χ0) is 11.0. The Labute approximate surface area is 86.6 Å². The van der Waals surface area contributed by atoms with Crippen LogP contribution in [0.15, 0.2) is 6.20 Å². The predicted molar refractivity (Wildman–Crippen MR) is 51.5 cm³/mol. The molecule has 0 radical (unpaired) electrons. The van der Waals surface area contributed by atoms with Crippen molar-refractivity contribution in [2.24, 2.45) is 0 Å². The molecule has 1 aliphatic heterocycles. The van der Waals surface area contributed by atoms with E-state index in [1.807, 2.05) is 4.57 Å². The minimum Gasteiger partial charge on any atom is -0.465 e. The molecule has 2 heterocycles. The van der Waals surface area contributed by atoms with Crippen LogP contribution in [0.2, 0.25) is 0 Å². The fraction of sp³-hybridized carbons (Fsp3) is 0.556. The molecule has 2 unspecified atom stereocenters. The first-order chi connectivity index (χ1) is 7.08. The molecular weight excluding hydrogens is 198 g/mol. The van der Waals surface area contributed by atoms with Crippen LogP contribution >= 0.6 is 0 Å². The van der Waals surface area contributed by atoms with Crippen LogP contribution in [0, 0.1) is 0 Å². The lowest BCUT2D eigenvalue weighted by Gasteiger charge is -2.12. The summed E-state index contributed by atoms with van der Waals surface area (Å²) in [4.78, 5) is 14.6. The number of hydrogen-bond donors (Lipinski definition) is 3. The van der Waals surface area contributed by atoms with Gasteiger partial charge in [-0.2, -0.15) is 0 Å². The van der Waals surface area contributed by atoms with Crippen LogP contribution in [-0.2, 0) is 13.0 Å². The van der Waals surface area contributed by atoms with Gasteiger partial charge in [-0.25, -0.2) is 9.78 Å². The van der Waals surface area contributed by atoms with E-state index in [-0.39, 0.29) is 12.1 Å². The average Bonchev–Trinajstić information content (AvgIpc) is 2.60. The lowest BCUT2D eigenvalue weighted by atomic mass is 10.3. The van der Waals surface area contributed by atoms with Gasteiger partial charge in [-0.1, -0.05) is 0 Å². The van der Waals surface area contributed by atoms with Crippen LogP contribution in [0.1, 0.15) is 24.5 Å². The number of carboxylic acid groups (broad SMARTS) is 1. The summed E-state index contributed by atoms with van der Waals surface area (Å²) < 4.78 is 1.87. The molecule has 0 aromatic carbocycles. The molecule has 3 N–H and O–H groups in total. The van der Waals surface area contributed by atoms with Crippen molar-refractivity contribution in [1.29, 1.82) is 0 Å². The summed E-state index contributed by atoms with van der Waals surface area (Å²) in [6.45, 7) is 2.23. The zero-order valence-electron chi connectivity index (χ0n) is 8.34. The van der Waals surface area contributed by atoms with Gasteiger partial charge in [-0.3, -0.25) is 0 Å². The number of aliphatic hydroxyl groups excluding tert-OH is 1. The molecule has 1 aliphatic rings. The summed E-state index contributed by atoms with van der Waals surface area (Å²) >= 11 is 0. The van der Waals surface area contributed by atoms with E-state index in [2.05, 4.69) is 10.3 Å². The molecule has 6 nitrogen and oxygen atoms in total. The van der Waals surface area contributed by atoms with Crippen molar-refractivity contribution in [3.63, 3.8) is 0 Å². The van der Waals surface area contributed by atoms with Gasteiger partial charge in [-0.05, 0) is 6.92 Å². The number of carbonyl (C=O) groups is 1. The van der Waals surface area contributed by atoms with Crippen molar-refractivity contribution in [3.8, 4) is 0 Å². The van der Waals surface area contributed by atoms with Crippen molar-refractivity contribution in [3.05, 3.63) is 17.7 Å². The normalized spacial score (nSPS) is 21.1. The quantitative estimate of drug-likeness (QED) is 0.648. The van der Waals surface area contributed by atoms with Crippen LogP contribution in [0.3, 0.4) is 0 Å². The fourth-order valence-electron chi connectivity index (χ4n) is 1.91. The number of aliphatic hydroxyl groups is 1. The monoisotopic (exact) mass is 211 g/mol. The molecule has 1 amide bonds. The summed E-state index contributed by atoms with van der Waals surface area (Å²) in [5.74, 6) is 0.656. The van der Waals surface area contributed by atoms with Gasteiger partial charge in [-0.15, -0.1) is 0 Å². The Morgan fingerprint density at radius 3 is 3.20 bits per heavy atom. The molecule has 6 heteroatoms. The van der Waals surface area contributed by atoms with Crippen molar-refractivity contribution in [2.75, 3.05) is 0 Å². The van der Waals surface area contributed by atoms with E-state index >= 15 is 0 Å². The lowest BCUT2D eigenvalue weighted by molar-refractivity contribution is 0.173. The van der Waals surface area contributed by atoms with E-state index in [0.29, 0.717) is 18.8 Å². The first-order valence-electron chi connectivity index (χ1n) is 4.79. The first-order valence-corrected chi connectivity index (χ1v) is 4.79. The summed E-state index contributed by atoms with van der Waals surface area (Å²) in [5, 5.41) is 20.4. The van der Waals surface area contributed by atoms with Crippen LogP contribution in [0.25, 0.3) is 0 Å². The Morgan fingerprint density at radius 2 is 2.53 bits per heavy atom. The molecule has 0 saturated carbocycles. The molecule has 15 heavy (non-hydrogen) atoms. The molecular formula is C9H13N3O3. The van der Waals surface area contributed by atoms with Crippen LogP contribution in [0.4, 0.5) is 4.79 Å². The highest BCUT2D eigenvalue weighted by molar-refractivity contribution is 5.64. The summed E-state index contributed by atoms with van der Waals surface area (Å²) in [6, 6.07) is -0.360. The first kappa shape index (κ1) is 9.97. The van der Waals surface area contributed by atoms with Crippen LogP contribution < -0.4 is 5.32 Å². The second-order valence-electron chi connectivity index (χ2n) is 3.75. The number of nitrogens with zero attached hydrogens (tertiary/aromatic N) is 2. The Balaban J connectivity index is 2.20. The van der Waals surface area contributed by atoms with Gasteiger partial charge in [0.2, 0.25) is 0 Å². The lowest BCUT2D eigenvalue weighted by Crippen LogP contribution is -2.27. The summed E-state index contributed by atoms with van der Waals surface area (Å²) in [5.41, 5.74) is 0.955. The number of hydrogen-bond acceptors (Lipinski definition) is 3. The zero-order valence-corrected chi connectivity index (χ0v) is 8.34. The molecule has 0 fully saturated rings. The highest BCUT2D eigenvalue weighted by Crippen LogP contribution is 2.21. The van der Waals surface area contributed by atoms with Crippen molar-refractivity contribution >= 4 is 6.09 Å². The van der Waals surface area contributed by atoms with E-state index in [1.165, 1.54) is 0 Å². The number of amides is 1. The third-order valence-electron chi connectivity index (χ3n) is 2.53. The molecule has 0 spiro atoms. The number of rotatable bonds is 2. The summed E-state index contributed by atoms with van der Waals surface area (Å²) in [7, 11) is 0. The Bertz CT molecular complexity index is 388. The average molecular weight is 211 g/mol. The van der Waals surface area contributed by atoms with Gasteiger partial charge in [0.15, 0.2) is 0 Å². The van der Waals surface area contributed by atoms with E-state index in [9.17, 15) is 9.90 Å². The van der Waals surface area contributed by atoms with Gasteiger partial charge in [0.25, 0.3) is 0 Å². The van der Waals surface area contributed by atoms with E-state index < -0.39 is 6.09 Å². The number of fused-ring (bicyclic) bond motifs is 1. The molecule has 2 rings (SSSR count). The van der Waals surface area contributed by atoms with E-state index in [4.69, 9.17) is 5.11 Å². The Morgan fingerprint density at radius 1 is 1.80 bits per heavy atom. The maximum absolute atomic E-state index is 10.5. The third kappa shape index (κ3) is 1.80. The smallest absolute Gasteiger partial charge is 0.405 e. The third-order valence-corrected chi connectivity index (χ3v) is 2.53. The maximum Gasteiger partial charge on any atom is 0.405 e. The number of nitrogens with one attached hydrogen (secondary N) is 1. The van der Waals surface area contributed by atoms with E-state index in [0.717, 1.165) is 5.69 Å². The predicted octanol–water partition coefficient (Wildman–Crippen LogP) is 0.129. The second-order valence-corrected chi connectivity index (χ2v) is 3.75.